The number of hydrogen-bond donors (Lipinski definition) is 2. The lowest BCUT2D eigenvalue weighted by molar-refractivity contribution is 0.242. The van der Waals surface area contributed by atoms with Gasteiger partial charge in [0.2, 0.25) is 0 Å². The van der Waals surface area contributed by atoms with Crippen molar-refractivity contribution < 1.29 is 4.39 Å². The average Bonchev–Trinajstić information content (AvgIpc) is 3.23. The number of nitrogens with zero attached hydrogens (tertiary/aromatic N) is 2. The van der Waals surface area contributed by atoms with Crippen molar-refractivity contribution in [2.24, 2.45) is 5.73 Å². The largest absolute Gasteiger partial charge is 0.334 e. The number of nitrogens with one attached hydrogen (secondary N) is 1. The maximum Gasteiger partial charge on any atom is 0.185 e. The average molecular weight is 429 g/mol. The number of rotatable bonds is 6. The lowest BCUT2D eigenvalue weighted by Crippen LogP contribution is -2.50. The van der Waals surface area contributed by atoms with Crippen LogP contribution in [0, 0.1) is 5.82 Å². The Hall–Kier alpha value is -1.93. The van der Waals surface area contributed by atoms with E-state index in [2.05, 4.69) is 17.1 Å². The van der Waals surface area contributed by atoms with E-state index in [1.165, 1.54) is 0 Å². The molecule has 0 aliphatic carbocycles. The maximum absolute atomic E-state index is 14.7. The van der Waals surface area contributed by atoms with Crippen LogP contribution in [0.25, 0.3) is 11.1 Å². The van der Waals surface area contributed by atoms with Gasteiger partial charge in [-0.25, -0.2) is 9.37 Å². The second-order valence-electron chi connectivity index (χ2n) is 7.14. The van der Waals surface area contributed by atoms with Crippen LogP contribution in [0.4, 0.5) is 9.52 Å². The quantitative estimate of drug-likeness (QED) is 0.552. The van der Waals surface area contributed by atoms with E-state index in [0.717, 1.165) is 46.5 Å². The third-order valence-corrected chi connectivity index (χ3v) is 6.99. The SMILES string of the molecule is CC(c1ccc(-c2ccccc2)c(F)c1)c1csc(NC(N)N2CCSCC2)n1. The summed E-state index contributed by atoms with van der Waals surface area (Å²) in [6, 6.07) is 15.1. The van der Waals surface area contributed by atoms with E-state index in [0.29, 0.717) is 5.56 Å². The summed E-state index contributed by atoms with van der Waals surface area (Å²) in [6.45, 7) is 4.03. The highest BCUT2D eigenvalue weighted by molar-refractivity contribution is 7.99. The molecular weight excluding hydrogens is 403 g/mol. The van der Waals surface area contributed by atoms with Crippen LogP contribution in [-0.2, 0) is 0 Å². The second kappa shape index (κ2) is 9.26. The Kier molecular flexibility index (Phi) is 6.50. The summed E-state index contributed by atoms with van der Waals surface area (Å²) in [4.78, 5) is 6.94. The van der Waals surface area contributed by atoms with Gasteiger partial charge in [-0.2, -0.15) is 11.8 Å². The molecule has 1 fully saturated rings. The van der Waals surface area contributed by atoms with Crippen molar-refractivity contribution in [3.63, 3.8) is 0 Å². The highest BCUT2D eigenvalue weighted by Crippen LogP contribution is 2.31. The summed E-state index contributed by atoms with van der Waals surface area (Å²) in [5, 5.41) is 6.14. The van der Waals surface area contributed by atoms with Crippen molar-refractivity contribution in [3.8, 4) is 11.1 Å². The van der Waals surface area contributed by atoms with Gasteiger partial charge in [-0.15, -0.1) is 11.3 Å². The molecule has 0 saturated carbocycles. The second-order valence-corrected chi connectivity index (χ2v) is 9.22. The van der Waals surface area contributed by atoms with Crippen LogP contribution in [0.5, 0.6) is 0 Å². The smallest absolute Gasteiger partial charge is 0.185 e. The van der Waals surface area contributed by atoms with Crippen molar-refractivity contribution in [2.75, 3.05) is 29.9 Å². The van der Waals surface area contributed by atoms with E-state index in [1.807, 2.05) is 59.6 Å². The van der Waals surface area contributed by atoms with Crippen LogP contribution < -0.4 is 11.1 Å². The molecule has 2 atom stereocenters. The van der Waals surface area contributed by atoms with Gasteiger partial charge in [0, 0.05) is 41.5 Å². The van der Waals surface area contributed by atoms with Crippen LogP contribution in [0.1, 0.15) is 24.1 Å². The molecule has 7 heteroatoms. The Morgan fingerprint density at radius 2 is 1.90 bits per heavy atom. The fourth-order valence-corrected chi connectivity index (χ4v) is 5.22. The van der Waals surface area contributed by atoms with Gasteiger partial charge in [-0.05, 0) is 17.2 Å². The lowest BCUT2D eigenvalue weighted by Gasteiger charge is -2.31. The van der Waals surface area contributed by atoms with E-state index in [1.54, 1.807) is 17.4 Å². The highest BCUT2D eigenvalue weighted by atomic mass is 32.2. The van der Waals surface area contributed by atoms with Gasteiger partial charge in [0.25, 0.3) is 0 Å². The number of anilines is 1. The molecule has 3 aromatic rings. The van der Waals surface area contributed by atoms with Crippen molar-refractivity contribution in [1.82, 2.24) is 9.88 Å². The fourth-order valence-electron chi connectivity index (χ4n) is 3.45. The van der Waals surface area contributed by atoms with Gasteiger partial charge in [-0.3, -0.25) is 10.6 Å². The molecule has 4 nitrogen and oxygen atoms in total. The fraction of sp³-hybridized carbons (Fsp3) is 0.318. The molecule has 4 rings (SSSR count). The molecule has 3 N–H and O–H groups in total. The van der Waals surface area contributed by atoms with Crippen molar-refractivity contribution >= 4 is 28.2 Å². The number of thioether (sulfide) groups is 1. The molecule has 0 bridgehead atoms. The molecule has 152 valence electrons. The lowest BCUT2D eigenvalue weighted by atomic mass is 9.95. The number of benzene rings is 2. The van der Waals surface area contributed by atoms with Gasteiger partial charge in [0.1, 0.15) is 12.1 Å². The Morgan fingerprint density at radius 1 is 1.14 bits per heavy atom. The van der Waals surface area contributed by atoms with Crippen molar-refractivity contribution in [3.05, 3.63) is 71.0 Å². The van der Waals surface area contributed by atoms with E-state index < -0.39 is 0 Å². The van der Waals surface area contributed by atoms with Crippen LogP contribution in [0.3, 0.4) is 0 Å². The van der Waals surface area contributed by atoms with E-state index >= 15 is 0 Å². The highest BCUT2D eigenvalue weighted by Gasteiger charge is 2.19. The third kappa shape index (κ3) is 4.80. The van der Waals surface area contributed by atoms with Crippen LogP contribution in [0.2, 0.25) is 0 Å². The van der Waals surface area contributed by atoms with Gasteiger partial charge in [0.15, 0.2) is 5.13 Å². The standard InChI is InChI=1S/C22H25FN4S2/c1-15(17-7-8-18(19(23)13-17)16-5-3-2-4-6-16)20-14-29-22(25-20)26-21(24)27-9-11-28-12-10-27/h2-8,13-15,21H,9-12,24H2,1H3,(H,25,26). The molecule has 1 aliphatic heterocycles. The summed E-state index contributed by atoms with van der Waals surface area (Å²) in [7, 11) is 0. The topological polar surface area (TPSA) is 54.2 Å². The molecule has 0 radical (unpaired) electrons. The zero-order valence-corrected chi connectivity index (χ0v) is 18.0. The normalized spacial score (nSPS) is 17.1. The van der Waals surface area contributed by atoms with Gasteiger partial charge in [-0.1, -0.05) is 49.4 Å². The zero-order chi connectivity index (χ0) is 20.2. The van der Waals surface area contributed by atoms with Crippen LogP contribution >= 0.6 is 23.1 Å². The number of aromatic nitrogens is 1. The summed E-state index contributed by atoms with van der Waals surface area (Å²) >= 11 is 3.50. The zero-order valence-electron chi connectivity index (χ0n) is 16.3. The first-order valence-corrected chi connectivity index (χ1v) is 11.8. The minimum Gasteiger partial charge on any atom is -0.334 e. The minimum absolute atomic E-state index is 0.00346. The summed E-state index contributed by atoms with van der Waals surface area (Å²) in [5.74, 6) is 2.02. The molecule has 0 amide bonds. The minimum atomic E-state index is -0.229. The Bertz CT molecular complexity index is 941. The third-order valence-electron chi connectivity index (χ3n) is 5.25. The van der Waals surface area contributed by atoms with Gasteiger partial charge >= 0.3 is 0 Å². The van der Waals surface area contributed by atoms with E-state index in [4.69, 9.17) is 10.7 Å². The monoisotopic (exact) mass is 428 g/mol. The first-order chi connectivity index (χ1) is 14.1. The predicted octanol–water partition coefficient (Wildman–Crippen LogP) is 4.80. The van der Waals surface area contributed by atoms with Crippen molar-refractivity contribution in [1.29, 1.82) is 0 Å². The molecule has 1 aromatic heterocycles. The summed E-state index contributed by atoms with van der Waals surface area (Å²) < 4.78 is 14.7. The molecule has 2 aromatic carbocycles. The molecular formula is C22H25FN4S2. The Balaban J connectivity index is 1.46. The maximum atomic E-state index is 14.7. The number of hydrogen-bond acceptors (Lipinski definition) is 6. The molecule has 2 unspecified atom stereocenters. The van der Waals surface area contributed by atoms with Crippen LogP contribution in [0.15, 0.2) is 53.9 Å². The molecule has 1 saturated heterocycles. The summed E-state index contributed by atoms with van der Waals surface area (Å²) in [5.41, 5.74) is 9.63. The first kappa shape index (κ1) is 20.3. The first-order valence-electron chi connectivity index (χ1n) is 9.76. The van der Waals surface area contributed by atoms with Crippen molar-refractivity contribution in [2.45, 2.75) is 19.1 Å². The van der Waals surface area contributed by atoms with Crippen LogP contribution in [-0.4, -0.2) is 40.8 Å². The molecule has 29 heavy (non-hydrogen) atoms. The Labute approximate surface area is 179 Å². The number of halogens is 1. The Morgan fingerprint density at radius 3 is 2.62 bits per heavy atom. The van der Waals surface area contributed by atoms with Gasteiger partial charge in [0.05, 0.1) is 5.69 Å². The van der Waals surface area contributed by atoms with E-state index in [9.17, 15) is 4.39 Å². The molecule has 0 spiro atoms. The number of thiazole rings is 1. The summed E-state index contributed by atoms with van der Waals surface area (Å²) in [6.07, 6.45) is -0.229. The van der Waals surface area contributed by atoms with Gasteiger partial charge < -0.3 is 5.32 Å². The molecule has 1 aliphatic rings. The number of nitrogens with two attached hydrogens (primary N) is 1. The predicted molar refractivity (Wildman–Crippen MR) is 122 cm³/mol. The molecule has 2 heterocycles. The van der Waals surface area contributed by atoms with E-state index in [-0.39, 0.29) is 18.0 Å².